The van der Waals surface area contributed by atoms with Crippen LogP contribution in [0.5, 0.6) is 0 Å². The lowest BCUT2D eigenvalue weighted by Gasteiger charge is -2.47. The Kier molecular flexibility index (Phi) is 4.38. The smallest absolute Gasteiger partial charge is 0.225 e. The second-order valence-corrected chi connectivity index (χ2v) is 8.23. The number of hydrogen-bond acceptors (Lipinski definition) is 3. The molecule has 2 aromatic rings. The van der Waals surface area contributed by atoms with Gasteiger partial charge < -0.3 is 15.4 Å². The van der Waals surface area contributed by atoms with E-state index in [1.165, 1.54) is 0 Å². The lowest BCUT2D eigenvalue weighted by molar-refractivity contribution is -0.124. The number of nitrogens with one attached hydrogen (secondary N) is 2. The Hall–Kier alpha value is -1.88. The molecule has 1 saturated carbocycles. The fourth-order valence-electron chi connectivity index (χ4n) is 4.67. The van der Waals surface area contributed by atoms with Crippen molar-refractivity contribution in [2.45, 2.75) is 52.0 Å². The van der Waals surface area contributed by atoms with Crippen molar-refractivity contribution >= 4 is 16.9 Å². The largest absolute Gasteiger partial charge is 0.394 e. The molecule has 0 saturated heterocycles. The fraction of sp³-hybridized carbons (Fsp3) is 0.579. The van der Waals surface area contributed by atoms with Crippen LogP contribution < -0.4 is 5.32 Å². The van der Waals surface area contributed by atoms with Gasteiger partial charge in [0.05, 0.1) is 18.6 Å². The Labute approximate surface area is 142 Å². The number of amides is 1. The van der Waals surface area contributed by atoms with Crippen molar-refractivity contribution in [2.75, 3.05) is 6.61 Å². The molecule has 0 aliphatic heterocycles. The Bertz CT molecular complexity index is 737. The quantitative estimate of drug-likeness (QED) is 0.807. The van der Waals surface area contributed by atoms with Crippen LogP contribution in [0, 0.1) is 11.3 Å². The van der Waals surface area contributed by atoms with Crippen LogP contribution in [-0.4, -0.2) is 33.1 Å². The Balaban J connectivity index is 1.75. The van der Waals surface area contributed by atoms with Gasteiger partial charge in [-0.25, -0.2) is 4.98 Å². The number of carbonyl (C=O) groups excluding carboxylic acids is 1. The number of hydrogen-bond donors (Lipinski definition) is 3. The summed E-state index contributed by atoms with van der Waals surface area (Å²) in [6, 6.07) is 3.84. The van der Waals surface area contributed by atoms with Crippen LogP contribution in [0.1, 0.15) is 45.6 Å². The summed E-state index contributed by atoms with van der Waals surface area (Å²) in [5.74, 6) is 0.442. The average molecular weight is 329 g/mol. The molecule has 1 fully saturated rings. The number of carbonyl (C=O) groups is 1. The van der Waals surface area contributed by atoms with Gasteiger partial charge in [0.15, 0.2) is 0 Å². The first-order chi connectivity index (χ1) is 11.3. The van der Waals surface area contributed by atoms with Crippen LogP contribution in [0.15, 0.2) is 24.5 Å². The zero-order chi connectivity index (χ0) is 17.4. The molecule has 2 aromatic heterocycles. The highest BCUT2D eigenvalue weighted by molar-refractivity contribution is 5.87. The molecule has 2 heterocycles. The zero-order valence-electron chi connectivity index (χ0n) is 14.7. The van der Waals surface area contributed by atoms with Gasteiger partial charge in [0.25, 0.3) is 0 Å². The van der Waals surface area contributed by atoms with E-state index in [4.69, 9.17) is 0 Å². The predicted octanol–water partition coefficient (Wildman–Crippen LogP) is 2.80. The van der Waals surface area contributed by atoms with Gasteiger partial charge in [-0.1, -0.05) is 20.8 Å². The second-order valence-electron chi connectivity index (χ2n) is 8.23. The topological polar surface area (TPSA) is 78.0 Å². The zero-order valence-corrected chi connectivity index (χ0v) is 14.7. The van der Waals surface area contributed by atoms with E-state index in [9.17, 15) is 9.90 Å². The fourth-order valence-corrected chi connectivity index (χ4v) is 4.67. The summed E-state index contributed by atoms with van der Waals surface area (Å²) in [6.07, 6.45) is 6.63. The molecule has 2 atom stereocenters. The number of aromatic amines is 1. The lowest BCUT2D eigenvalue weighted by Crippen LogP contribution is -2.57. The van der Waals surface area contributed by atoms with Gasteiger partial charge in [0.1, 0.15) is 5.65 Å². The van der Waals surface area contributed by atoms with E-state index in [1.807, 2.05) is 18.3 Å². The monoisotopic (exact) mass is 329 g/mol. The Morgan fingerprint density at radius 3 is 2.96 bits per heavy atom. The first-order valence-corrected chi connectivity index (χ1v) is 8.65. The van der Waals surface area contributed by atoms with Crippen LogP contribution in [0.2, 0.25) is 0 Å². The van der Waals surface area contributed by atoms with Crippen molar-refractivity contribution in [3.8, 4) is 0 Å². The lowest BCUT2D eigenvalue weighted by atomic mass is 9.64. The van der Waals surface area contributed by atoms with E-state index in [-0.39, 0.29) is 17.9 Å². The van der Waals surface area contributed by atoms with Crippen LogP contribution in [-0.2, 0) is 11.2 Å². The van der Waals surface area contributed by atoms with Crippen molar-refractivity contribution in [2.24, 2.45) is 11.3 Å². The number of aliphatic hydroxyl groups excluding tert-OH is 1. The van der Waals surface area contributed by atoms with Crippen molar-refractivity contribution < 1.29 is 9.90 Å². The molecule has 3 rings (SSSR count). The van der Waals surface area contributed by atoms with Crippen molar-refractivity contribution in [1.29, 1.82) is 0 Å². The third-order valence-corrected chi connectivity index (χ3v) is 5.05. The minimum Gasteiger partial charge on any atom is -0.394 e. The van der Waals surface area contributed by atoms with Gasteiger partial charge in [-0.3, -0.25) is 4.79 Å². The Morgan fingerprint density at radius 1 is 1.46 bits per heavy atom. The number of H-pyrrole nitrogens is 1. The van der Waals surface area contributed by atoms with E-state index < -0.39 is 5.54 Å². The molecular weight excluding hydrogens is 302 g/mol. The number of aromatic nitrogens is 2. The minimum absolute atomic E-state index is 0.0120. The van der Waals surface area contributed by atoms with E-state index in [2.05, 4.69) is 36.1 Å². The van der Waals surface area contributed by atoms with Crippen molar-refractivity contribution in [3.05, 3.63) is 30.1 Å². The second kappa shape index (κ2) is 6.20. The van der Waals surface area contributed by atoms with E-state index in [0.717, 1.165) is 35.9 Å². The molecule has 0 unspecified atom stereocenters. The molecule has 0 radical (unpaired) electrons. The maximum atomic E-state index is 12.6. The molecule has 5 heteroatoms. The maximum absolute atomic E-state index is 12.6. The number of aliphatic hydroxyl groups is 1. The summed E-state index contributed by atoms with van der Waals surface area (Å²) in [7, 11) is 0. The first-order valence-electron chi connectivity index (χ1n) is 8.65. The summed E-state index contributed by atoms with van der Waals surface area (Å²) in [5, 5.41) is 14.1. The molecule has 130 valence electrons. The molecule has 1 aliphatic carbocycles. The normalized spacial score (nSPS) is 26.4. The van der Waals surface area contributed by atoms with Gasteiger partial charge in [-0.2, -0.15) is 0 Å². The van der Waals surface area contributed by atoms with Crippen molar-refractivity contribution in [1.82, 2.24) is 15.3 Å². The summed E-state index contributed by atoms with van der Waals surface area (Å²) < 4.78 is 0. The third kappa shape index (κ3) is 3.46. The van der Waals surface area contributed by atoms with Crippen molar-refractivity contribution in [3.63, 3.8) is 0 Å². The van der Waals surface area contributed by atoms with Gasteiger partial charge in [0.2, 0.25) is 5.91 Å². The highest BCUT2D eigenvalue weighted by atomic mass is 16.3. The summed E-state index contributed by atoms with van der Waals surface area (Å²) >= 11 is 0. The molecule has 0 bridgehead atoms. The molecule has 1 amide bonds. The highest BCUT2D eigenvalue weighted by Gasteiger charge is 2.43. The molecule has 0 spiro atoms. The average Bonchev–Trinajstić information content (AvgIpc) is 2.88. The molecule has 5 nitrogen and oxygen atoms in total. The van der Waals surface area contributed by atoms with Gasteiger partial charge in [0, 0.05) is 17.8 Å². The summed E-state index contributed by atoms with van der Waals surface area (Å²) in [5.41, 5.74) is 1.34. The third-order valence-electron chi connectivity index (χ3n) is 5.05. The van der Waals surface area contributed by atoms with E-state index >= 15 is 0 Å². The molecule has 1 aliphatic rings. The van der Waals surface area contributed by atoms with Gasteiger partial charge >= 0.3 is 0 Å². The van der Waals surface area contributed by atoms with Gasteiger partial charge in [-0.15, -0.1) is 0 Å². The number of rotatable bonds is 4. The minimum atomic E-state index is -0.511. The Morgan fingerprint density at radius 2 is 2.25 bits per heavy atom. The number of pyridine rings is 1. The number of nitrogens with zero attached hydrogens (tertiary/aromatic N) is 1. The van der Waals surface area contributed by atoms with E-state index in [1.54, 1.807) is 6.20 Å². The van der Waals surface area contributed by atoms with Crippen LogP contribution in [0.25, 0.3) is 11.0 Å². The molecule has 24 heavy (non-hydrogen) atoms. The standard InChI is InChI=1S/C19H27N3O2/c1-13-8-18(2,3)11-19(9-13,12-23)22-16(24)7-14-10-21-17-15(14)5-4-6-20-17/h4-6,10,13,23H,7-9,11-12H2,1-3H3,(H,20,21)(H,22,24)/t13-,19+/m1/s1. The SMILES string of the molecule is C[C@@H]1CC(C)(C)C[C@@](CO)(NC(=O)Cc2c[nH]c3ncccc23)C1. The highest BCUT2D eigenvalue weighted by Crippen LogP contribution is 2.43. The molecule has 0 aromatic carbocycles. The maximum Gasteiger partial charge on any atom is 0.225 e. The molecular formula is C19H27N3O2. The van der Waals surface area contributed by atoms with Crippen LogP contribution >= 0.6 is 0 Å². The number of fused-ring (bicyclic) bond motifs is 1. The summed E-state index contributed by atoms with van der Waals surface area (Å²) in [6.45, 7) is 6.61. The predicted molar refractivity (Wildman–Crippen MR) is 94.6 cm³/mol. The van der Waals surface area contributed by atoms with Crippen LogP contribution in [0.4, 0.5) is 0 Å². The molecule has 3 N–H and O–H groups in total. The van der Waals surface area contributed by atoms with Gasteiger partial charge in [-0.05, 0) is 48.3 Å². The van der Waals surface area contributed by atoms with Crippen LogP contribution in [0.3, 0.4) is 0 Å². The first kappa shape index (κ1) is 17.0. The summed E-state index contributed by atoms with van der Waals surface area (Å²) in [4.78, 5) is 20.0. The van der Waals surface area contributed by atoms with E-state index in [0.29, 0.717) is 12.3 Å².